The number of ether oxygens (including phenoxy) is 1. The third-order valence-corrected chi connectivity index (χ3v) is 5.31. The highest BCUT2D eigenvalue weighted by Gasteiger charge is 2.27. The smallest absolute Gasteiger partial charge is 0.287 e. The molecule has 0 saturated heterocycles. The van der Waals surface area contributed by atoms with Crippen LogP contribution in [-0.2, 0) is 19.5 Å². The van der Waals surface area contributed by atoms with Gasteiger partial charge in [-0.15, -0.1) is 0 Å². The van der Waals surface area contributed by atoms with Crippen LogP contribution >= 0.6 is 0 Å². The standard InChI is InChI=1S/C23H23FN2O3/c1-15-11-17-5-3-4-6-20(17)26(15)14-18-9-10-29-22(18)23(27)25-13-16-7-8-21(28-2)19(24)12-16/h3-10,12,15H,11,13-14H2,1-2H3,(H,25,27). The molecule has 150 valence electrons. The first-order chi connectivity index (χ1) is 14.1. The van der Waals surface area contributed by atoms with E-state index in [1.54, 1.807) is 12.1 Å². The Balaban J connectivity index is 1.45. The van der Waals surface area contributed by atoms with Gasteiger partial charge in [-0.25, -0.2) is 4.39 Å². The lowest BCUT2D eigenvalue weighted by molar-refractivity contribution is 0.0921. The molecule has 1 amide bonds. The zero-order valence-corrected chi connectivity index (χ0v) is 16.4. The number of hydrogen-bond acceptors (Lipinski definition) is 4. The Morgan fingerprint density at radius 1 is 1.28 bits per heavy atom. The fourth-order valence-corrected chi connectivity index (χ4v) is 3.80. The zero-order chi connectivity index (χ0) is 20.4. The van der Waals surface area contributed by atoms with Gasteiger partial charge in [-0.05, 0) is 48.7 Å². The number of para-hydroxylation sites is 1. The highest BCUT2D eigenvalue weighted by molar-refractivity contribution is 5.93. The number of nitrogens with one attached hydrogen (secondary N) is 1. The number of hydrogen-bond donors (Lipinski definition) is 1. The summed E-state index contributed by atoms with van der Waals surface area (Å²) in [7, 11) is 1.41. The number of nitrogens with zero attached hydrogens (tertiary/aromatic N) is 1. The topological polar surface area (TPSA) is 54.7 Å². The minimum absolute atomic E-state index is 0.174. The Hall–Kier alpha value is -3.28. The van der Waals surface area contributed by atoms with Crippen molar-refractivity contribution in [1.82, 2.24) is 5.32 Å². The van der Waals surface area contributed by atoms with Gasteiger partial charge in [-0.1, -0.05) is 24.3 Å². The lowest BCUT2D eigenvalue weighted by Crippen LogP contribution is -2.30. The third-order valence-electron chi connectivity index (χ3n) is 5.31. The summed E-state index contributed by atoms with van der Waals surface area (Å²) < 4.78 is 24.2. The van der Waals surface area contributed by atoms with Crippen molar-refractivity contribution < 1.29 is 18.3 Å². The summed E-state index contributed by atoms with van der Waals surface area (Å²) in [6.07, 6.45) is 2.52. The van der Waals surface area contributed by atoms with Crippen molar-refractivity contribution in [1.29, 1.82) is 0 Å². The lowest BCUT2D eigenvalue weighted by Gasteiger charge is -2.24. The van der Waals surface area contributed by atoms with Gasteiger partial charge >= 0.3 is 0 Å². The molecule has 0 spiro atoms. The summed E-state index contributed by atoms with van der Waals surface area (Å²) in [6.45, 7) is 2.97. The Morgan fingerprint density at radius 3 is 2.90 bits per heavy atom. The van der Waals surface area contributed by atoms with E-state index < -0.39 is 5.82 Å². The molecule has 1 N–H and O–H groups in total. The van der Waals surface area contributed by atoms with Crippen LogP contribution in [0.25, 0.3) is 0 Å². The summed E-state index contributed by atoms with van der Waals surface area (Å²) >= 11 is 0. The molecule has 2 aromatic carbocycles. The van der Waals surface area contributed by atoms with Crippen molar-refractivity contribution >= 4 is 11.6 Å². The van der Waals surface area contributed by atoms with Gasteiger partial charge in [0.2, 0.25) is 0 Å². The number of carbonyl (C=O) groups excluding carboxylic acids is 1. The van der Waals surface area contributed by atoms with E-state index in [9.17, 15) is 9.18 Å². The van der Waals surface area contributed by atoms with Crippen molar-refractivity contribution in [2.45, 2.75) is 32.5 Å². The molecule has 1 aliphatic heterocycles. The molecule has 1 unspecified atom stereocenters. The van der Waals surface area contributed by atoms with Crippen LogP contribution in [0, 0.1) is 5.82 Å². The highest BCUT2D eigenvalue weighted by Crippen LogP contribution is 2.33. The van der Waals surface area contributed by atoms with E-state index in [-0.39, 0.29) is 24.0 Å². The van der Waals surface area contributed by atoms with E-state index in [0.717, 1.165) is 12.0 Å². The van der Waals surface area contributed by atoms with Crippen LogP contribution in [0.3, 0.4) is 0 Å². The van der Waals surface area contributed by atoms with Gasteiger partial charge in [0.25, 0.3) is 5.91 Å². The van der Waals surface area contributed by atoms with Crippen molar-refractivity contribution in [2.24, 2.45) is 0 Å². The molecule has 0 bridgehead atoms. The SMILES string of the molecule is COc1ccc(CNC(=O)c2occc2CN2c3ccccc3CC2C)cc1F. The fourth-order valence-electron chi connectivity index (χ4n) is 3.80. The van der Waals surface area contributed by atoms with E-state index in [1.165, 1.54) is 30.7 Å². The first-order valence-corrected chi connectivity index (χ1v) is 9.58. The number of carbonyl (C=O) groups is 1. The number of furan rings is 1. The maximum Gasteiger partial charge on any atom is 0.287 e. The molecule has 6 heteroatoms. The number of amides is 1. The molecule has 0 aliphatic carbocycles. The maximum absolute atomic E-state index is 13.8. The fraction of sp³-hybridized carbons (Fsp3) is 0.261. The molecule has 1 aliphatic rings. The molecule has 0 saturated carbocycles. The molecular weight excluding hydrogens is 371 g/mol. The normalized spacial score (nSPS) is 15.3. The van der Waals surface area contributed by atoms with E-state index in [1.807, 2.05) is 18.2 Å². The van der Waals surface area contributed by atoms with Gasteiger partial charge < -0.3 is 19.4 Å². The molecular formula is C23H23FN2O3. The number of anilines is 1. The molecule has 2 heterocycles. The van der Waals surface area contributed by atoms with Crippen molar-refractivity contribution in [3.63, 3.8) is 0 Å². The first-order valence-electron chi connectivity index (χ1n) is 9.58. The Bertz CT molecular complexity index is 1030. The predicted molar refractivity (Wildman–Crippen MR) is 109 cm³/mol. The Kier molecular flexibility index (Phi) is 5.25. The summed E-state index contributed by atoms with van der Waals surface area (Å²) in [6, 6.07) is 15.1. The number of benzene rings is 2. The summed E-state index contributed by atoms with van der Waals surface area (Å²) in [5.74, 6) is -0.315. The second-order valence-corrected chi connectivity index (χ2v) is 7.24. The zero-order valence-electron chi connectivity index (χ0n) is 16.4. The minimum atomic E-state index is -0.459. The van der Waals surface area contributed by atoms with Gasteiger partial charge in [0, 0.05) is 30.4 Å². The van der Waals surface area contributed by atoms with Gasteiger partial charge in [-0.3, -0.25) is 4.79 Å². The van der Waals surface area contributed by atoms with Crippen LogP contribution in [-0.4, -0.2) is 19.1 Å². The summed E-state index contributed by atoms with van der Waals surface area (Å²) in [5, 5.41) is 2.80. The quantitative estimate of drug-likeness (QED) is 0.677. The average molecular weight is 394 g/mol. The van der Waals surface area contributed by atoms with Crippen molar-refractivity contribution in [3.05, 3.63) is 83.1 Å². The van der Waals surface area contributed by atoms with E-state index in [0.29, 0.717) is 18.2 Å². The number of methoxy groups -OCH3 is 1. The lowest BCUT2D eigenvalue weighted by atomic mass is 10.1. The molecule has 0 fully saturated rings. The summed E-state index contributed by atoms with van der Waals surface area (Å²) in [4.78, 5) is 15.0. The molecule has 5 nitrogen and oxygen atoms in total. The molecule has 0 radical (unpaired) electrons. The number of fused-ring (bicyclic) bond motifs is 1. The van der Waals surface area contributed by atoms with Gasteiger partial charge in [-0.2, -0.15) is 0 Å². The van der Waals surface area contributed by atoms with Crippen LogP contribution in [0.2, 0.25) is 0 Å². The van der Waals surface area contributed by atoms with Crippen molar-refractivity contribution in [2.75, 3.05) is 12.0 Å². The van der Waals surface area contributed by atoms with Gasteiger partial charge in [0.15, 0.2) is 17.3 Å². The monoisotopic (exact) mass is 394 g/mol. The number of rotatable bonds is 6. The van der Waals surface area contributed by atoms with E-state index >= 15 is 0 Å². The molecule has 4 rings (SSSR count). The van der Waals surface area contributed by atoms with Gasteiger partial charge in [0.05, 0.1) is 13.4 Å². The first kappa shape index (κ1) is 19.1. The second kappa shape index (κ2) is 7.99. The highest BCUT2D eigenvalue weighted by atomic mass is 19.1. The van der Waals surface area contributed by atoms with Crippen LogP contribution in [0.4, 0.5) is 10.1 Å². The molecule has 1 aromatic heterocycles. The molecule has 3 aromatic rings. The molecule has 29 heavy (non-hydrogen) atoms. The third kappa shape index (κ3) is 3.83. The van der Waals surface area contributed by atoms with Crippen LogP contribution in [0.15, 0.2) is 59.2 Å². The minimum Gasteiger partial charge on any atom is -0.494 e. The van der Waals surface area contributed by atoms with Crippen molar-refractivity contribution in [3.8, 4) is 5.75 Å². The molecule has 1 atom stereocenters. The summed E-state index contributed by atoms with van der Waals surface area (Å²) in [5.41, 5.74) is 3.98. The Morgan fingerprint density at radius 2 is 2.10 bits per heavy atom. The number of halogens is 1. The van der Waals surface area contributed by atoms with Crippen LogP contribution < -0.4 is 15.0 Å². The van der Waals surface area contributed by atoms with E-state index in [4.69, 9.17) is 9.15 Å². The van der Waals surface area contributed by atoms with Crippen LogP contribution in [0.5, 0.6) is 5.75 Å². The average Bonchev–Trinajstić information content (AvgIpc) is 3.31. The second-order valence-electron chi connectivity index (χ2n) is 7.24. The van der Waals surface area contributed by atoms with Crippen LogP contribution in [0.1, 0.15) is 34.2 Å². The Labute approximate surface area is 169 Å². The predicted octanol–water partition coefficient (Wildman–Crippen LogP) is 4.31. The maximum atomic E-state index is 13.8. The largest absolute Gasteiger partial charge is 0.494 e. The van der Waals surface area contributed by atoms with Gasteiger partial charge in [0.1, 0.15) is 0 Å². The van der Waals surface area contributed by atoms with E-state index in [2.05, 4.69) is 29.3 Å².